The van der Waals surface area contributed by atoms with Gasteiger partial charge < -0.3 is 0 Å². The zero-order valence-corrected chi connectivity index (χ0v) is 11.6. The number of hydrazone groups is 1. The number of amides is 1. The molecule has 1 aromatic heterocycles. The van der Waals surface area contributed by atoms with E-state index in [1.807, 2.05) is 19.1 Å². The Kier molecular flexibility index (Phi) is 4.60. The lowest BCUT2D eigenvalue weighted by Gasteiger charge is -2.04. The minimum absolute atomic E-state index is 0.239. The van der Waals surface area contributed by atoms with Crippen LogP contribution < -0.4 is 5.43 Å². The van der Waals surface area contributed by atoms with Crippen LogP contribution in [0.3, 0.4) is 0 Å². The van der Waals surface area contributed by atoms with E-state index in [4.69, 9.17) is 0 Å². The van der Waals surface area contributed by atoms with Crippen molar-refractivity contribution >= 4 is 11.6 Å². The van der Waals surface area contributed by atoms with Crippen LogP contribution in [0.25, 0.3) is 0 Å². The molecule has 4 heteroatoms. The van der Waals surface area contributed by atoms with Crippen LogP contribution >= 0.6 is 0 Å². The molecular formula is C16H17N3O. The summed E-state index contributed by atoms with van der Waals surface area (Å²) >= 11 is 0. The third-order valence-electron chi connectivity index (χ3n) is 3.05. The highest BCUT2D eigenvalue weighted by atomic mass is 16.2. The van der Waals surface area contributed by atoms with Crippen molar-refractivity contribution in [3.63, 3.8) is 0 Å². The third-order valence-corrected chi connectivity index (χ3v) is 3.05. The molecule has 20 heavy (non-hydrogen) atoms. The summed E-state index contributed by atoms with van der Waals surface area (Å²) in [6.45, 7) is 3.98. The van der Waals surface area contributed by atoms with Gasteiger partial charge in [0.15, 0.2) is 0 Å². The Hall–Kier alpha value is -2.49. The monoisotopic (exact) mass is 267 g/mol. The lowest BCUT2D eigenvalue weighted by Crippen LogP contribution is -2.19. The summed E-state index contributed by atoms with van der Waals surface area (Å²) in [5, 5.41) is 4.12. The second-order valence-corrected chi connectivity index (χ2v) is 4.42. The lowest BCUT2D eigenvalue weighted by atomic mass is 10.1. The van der Waals surface area contributed by atoms with Gasteiger partial charge in [-0.3, -0.25) is 9.78 Å². The highest BCUT2D eigenvalue weighted by Crippen LogP contribution is 2.06. The SMILES string of the molecule is CCc1ccc(/C(C)=N/NC(=O)c2ccncc2)cc1. The average molecular weight is 267 g/mol. The number of benzene rings is 1. The topological polar surface area (TPSA) is 54.4 Å². The minimum Gasteiger partial charge on any atom is -0.267 e. The summed E-state index contributed by atoms with van der Waals surface area (Å²) in [6.07, 6.45) is 4.17. The van der Waals surface area contributed by atoms with E-state index in [0.29, 0.717) is 5.56 Å². The highest BCUT2D eigenvalue weighted by molar-refractivity contribution is 6.00. The van der Waals surface area contributed by atoms with E-state index in [-0.39, 0.29) is 5.91 Å². The lowest BCUT2D eigenvalue weighted by molar-refractivity contribution is 0.0954. The first-order valence-electron chi connectivity index (χ1n) is 6.54. The van der Waals surface area contributed by atoms with Gasteiger partial charge in [-0.05, 0) is 36.6 Å². The molecule has 0 atom stereocenters. The Morgan fingerprint density at radius 3 is 2.35 bits per heavy atom. The third kappa shape index (κ3) is 3.51. The smallest absolute Gasteiger partial charge is 0.267 e. The fourth-order valence-electron chi connectivity index (χ4n) is 1.75. The molecule has 0 saturated heterocycles. The molecule has 0 fully saturated rings. The number of hydrogen-bond donors (Lipinski definition) is 1. The van der Waals surface area contributed by atoms with Gasteiger partial charge >= 0.3 is 0 Å². The second kappa shape index (κ2) is 6.61. The van der Waals surface area contributed by atoms with Crippen molar-refractivity contribution in [2.75, 3.05) is 0 Å². The van der Waals surface area contributed by atoms with Gasteiger partial charge in [-0.25, -0.2) is 5.43 Å². The molecule has 0 spiro atoms. The predicted molar refractivity (Wildman–Crippen MR) is 79.7 cm³/mol. The number of carbonyl (C=O) groups excluding carboxylic acids is 1. The molecule has 2 rings (SSSR count). The number of nitrogens with one attached hydrogen (secondary N) is 1. The Morgan fingerprint density at radius 2 is 1.75 bits per heavy atom. The van der Waals surface area contributed by atoms with E-state index >= 15 is 0 Å². The first-order chi connectivity index (χ1) is 9.70. The molecular weight excluding hydrogens is 250 g/mol. The number of aryl methyl sites for hydroxylation is 1. The maximum atomic E-state index is 11.8. The number of carbonyl (C=O) groups is 1. The molecule has 0 unspecified atom stereocenters. The van der Waals surface area contributed by atoms with E-state index in [9.17, 15) is 4.79 Å². The summed E-state index contributed by atoms with van der Waals surface area (Å²) < 4.78 is 0. The molecule has 0 aliphatic rings. The molecule has 0 aliphatic carbocycles. The summed E-state index contributed by atoms with van der Waals surface area (Å²) in [5.74, 6) is -0.239. The second-order valence-electron chi connectivity index (χ2n) is 4.42. The maximum Gasteiger partial charge on any atom is 0.271 e. The summed E-state index contributed by atoms with van der Waals surface area (Å²) in [5.41, 5.74) is 6.14. The quantitative estimate of drug-likeness (QED) is 0.684. The van der Waals surface area contributed by atoms with E-state index < -0.39 is 0 Å². The van der Waals surface area contributed by atoms with Gasteiger partial charge in [-0.2, -0.15) is 5.10 Å². The van der Waals surface area contributed by atoms with Gasteiger partial charge in [0.25, 0.3) is 5.91 Å². The molecule has 0 aliphatic heterocycles. The predicted octanol–water partition coefficient (Wildman–Crippen LogP) is 2.80. The highest BCUT2D eigenvalue weighted by Gasteiger charge is 2.04. The number of rotatable bonds is 4. The van der Waals surface area contributed by atoms with E-state index in [1.54, 1.807) is 24.5 Å². The standard InChI is InChI=1S/C16H17N3O/c1-3-13-4-6-14(7-5-13)12(2)18-19-16(20)15-8-10-17-11-9-15/h4-11H,3H2,1-2H3,(H,19,20)/b18-12+. The molecule has 1 heterocycles. The van der Waals surface area contributed by atoms with Crippen LogP contribution in [0.4, 0.5) is 0 Å². The van der Waals surface area contributed by atoms with Crippen LogP contribution in [0.2, 0.25) is 0 Å². The summed E-state index contributed by atoms with van der Waals surface area (Å²) in [6, 6.07) is 11.5. The normalized spacial score (nSPS) is 11.2. The van der Waals surface area contributed by atoms with Crippen molar-refractivity contribution in [2.45, 2.75) is 20.3 Å². The number of nitrogens with zero attached hydrogens (tertiary/aromatic N) is 2. The van der Waals surface area contributed by atoms with Gasteiger partial charge in [0.05, 0.1) is 5.71 Å². The van der Waals surface area contributed by atoms with Gasteiger partial charge in [0, 0.05) is 18.0 Å². The Labute approximate surface area is 118 Å². The van der Waals surface area contributed by atoms with Crippen LogP contribution in [-0.2, 0) is 6.42 Å². The van der Waals surface area contributed by atoms with E-state index in [2.05, 4.69) is 34.6 Å². The fourth-order valence-corrected chi connectivity index (χ4v) is 1.75. The average Bonchev–Trinajstić information content (AvgIpc) is 2.53. The first kappa shape index (κ1) is 13.9. The zero-order chi connectivity index (χ0) is 14.4. The van der Waals surface area contributed by atoms with Crippen LogP contribution in [0.5, 0.6) is 0 Å². The van der Waals surface area contributed by atoms with Crippen molar-refractivity contribution in [3.8, 4) is 0 Å². The molecule has 0 radical (unpaired) electrons. The molecule has 1 N–H and O–H groups in total. The molecule has 0 bridgehead atoms. The first-order valence-corrected chi connectivity index (χ1v) is 6.54. The molecule has 4 nitrogen and oxygen atoms in total. The Morgan fingerprint density at radius 1 is 1.10 bits per heavy atom. The largest absolute Gasteiger partial charge is 0.271 e. The number of pyridine rings is 1. The van der Waals surface area contributed by atoms with Gasteiger partial charge in [-0.15, -0.1) is 0 Å². The molecule has 102 valence electrons. The van der Waals surface area contributed by atoms with Gasteiger partial charge in [0.2, 0.25) is 0 Å². The number of hydrogen-bond acceptors (Lipinski definition) is 3. The van der Waals surface area contributed by atoms with Crippen molar-refractivity contribution < 1.29 is 4.79 Å². The van der Waals surface area contributed by atoms with Crippen LogP contribution in [0.15, 0.2) is 53.9 Å². The van der Waals surface area contributed by atoms with E-state index in [0.717, 1.165) is 17.7 Å². The Balaban J connectivity index is 2.05. The molecule has 0 saturated carbocycles. The van der Waals surface area contributed by atoms with E-state index in [1.165, 1.54) is 5.56 Å². The minimum atomic E-state index is -0.239. The molecule has 2 aromatic rings. The summed E-state index contributed by atoms with van der Waals surface area (Å²) in [4.78, 5) is 15.7. The van der Waals surface area contributed by atoms with Crippen molar-refractivity contribution in [1.29, 1.82) is 0 Å². The maximum absolute atomic E-state index is 11.8. The van der Waals surface area contributed by atoms with Crippen molar-refractivity contribution in [1.82, 2.24) is 10.4 Å². The van der Waals surface area contributed by atoms with Crippen molar-refractivity contribution in [3.05, 3.63) is 65.5 Å². The summed E-state index contributed by atoms with van der Waals surface area (Å²) in [7, 11) is 0. The fraction of sp³-hybridized carbons (Fsp3) is 0.188. The molecule has 1 aromatic carbocycles. The number of aromatic nitrogens is 1. The van der Waals surface area contributed by atoms with Gasteiger partial charge in [0.1, 0.15) is 0 Å². The van der Waals surface area contributed by atoms with Crippen molar-refractivity contribution in [2.24, 2.45) is 5.10 Å². The van der Waals surface area contributed by atoms with Crippen LogP contribution in [-0.4, -0.2) is 16.6 Å². The van der Waals surface area contributed by atoms with Crippen LogP contribution in [0.1, 0.15) is 35.3 Å². The Bertz CT molecular complexity index is 603. The van der Waals surface area contributed by atoms with Gasteiger partial charge in [-0.1, -0.05) is 31.2 Å². The molecule has 1 amide bonds. The van der Waals surface area contributed by atoms with Crippen LogP contribution in [0, 0.1) is 0 Å². The zero-order valence-electron chi connectivity index (χ0n) is 11.6.